The Balaban J connectivity index is 2.39. The molecule has 2 rings (SSSR count). The van der Waals surface area contributed by atoms with E-state index in [1.54, 1.807) is 6.07 Å². The van der Waals surface area contributed by atoms with E-state index in [2.05, 4.69) is 29.8 Å². The highest BCUT2D eigenvalue weighted by Gasteiger charge is 2.32. The van der Waals surface area contributed by atoms with E-state index in [0.29, 0.717) is 22.5 Å². The molecular formula is C14H17BrClNO3S. The minimum absolute atomic E-state index is 0.0592. The molecule has 1 atom stereocenters. The van der Waals surface area contributed by atoms with Crippen LogP contribution < -0.4 is 0 Å². The van der Waals surface area contributed by atoms with Crippen molar-refractivity contribution in [2.24, 2.45) is 5.92 Å². The highest BCUT2D eigenvalue weighted by Crippen LogP contribution is 2.29. The summed E-state index contributed by atoms with van der Waals surface area (Å²) in [4.78, 5) is 14.5. The molecule has 0 spiro atoms. The van der Waals surface area contributed by atoms with Crippen molar-refractivity contribution in [3.8, 4) is 0 Å². The van der Waals surface area contributed by atoms with E-state index in [1.807, 2.05) is 4.90 Å². The lowest BCUT2D eigenvalue weighted by atomic mass is 10.0. The van der Waals surface area contributed by atoms with Gasteiger partial charge >= 0.3 is 0 Å². The summed E-state index contributed by atoms with van der Waals surface area (Å²) in [7, 11) is 1.51. The number of benzene rings is 1. The number of amides is 1. The smallest absolute Gasteiger partial charge is 0.261 e. The lowest BCUT2D eigenvalue weighted by molar-refractivity contribution is 0.0700. The molecule has 1 amide bonds. The fraction of sp³-hybridized carbons (Fsp3) is 0.500. The Morgan fingerprint density at radius 1 is 1.43 bits per heavy atom. The van der Waals surface area contributed by atoms with E-state index in [-0.39, 0.29) is 16.8 Å². The van der Waals surface area contributed by atoms with Gasteiger partial charge in [0.05, 0.1) is 10.5 Å². The highest BCUT2D eigenvalue weighted by atomic mass is 79.9. The summed E-state index contributed by atoms with van der Waals surface area (Å²) in [6, 6.07) is 4.46. The molecular weight excluding hydrogens is 378 g/mol. The van der Waals surface area contributed by atoms with Gasteiger partial charge in [0.25, 0.3) is 15.0 Å². The molecule has 1 aliphatic heterocycles. The molecule has 0 aromatic heterocycles. The van der Waals surface area contributed by atoms with Gasteiger partial charge in [-0.15, -0.1) is 0 Å². The van der Waals surface area contributed by atoms with Gasteiger partial charge in [-0.1, -0.05) is 13.8 Å². The molecule has 1 fully saturated rings. The zero-order valence-electron chi connectivity index (χ0n) is 11.8. The van der Waals surface area contributed by atoms with Crippen molar-refractivity contribution in [3.05, 3.63) is 28.2 Å². The van der Waals surface area contributed by atoms with Gasteiger partial charge in [-0.3, -0.25) is 4.79 Å². The first-order valence-corrected chi connectivity index (χ1v) is 9.87. The van der Waals surface area contributed by atoms with Crippen LogP contribution in [-0.2, 0) is 9.05 Å². The van der Waals surface area contributed by atoms with Crippen LogP contribution in [0.15, 0.2) is 27.6 Å². The van der Waals surface area contributed by atoms with Gasteiger partial charge in [0.2, 0.25) is 0 Å². The van der Waals surface area contributed by atoms with Crippen LogP contribution in [0.25, 0.3) is 0 Å². The van der Waals surface area contributed by atoms with Crippen LogP contribution in [0.2, 0.25) is 0 Å². The summed E-state index contributed by atoms with van der Waals surface area (Å²) in [5, 5.41) is 0. The number of carbonyl (C=O) groups is 1. The van der Waals surface area contributed by atoms with Gasteiger partial charge in [-0.25, -0.2) is 8.42 Å². The average Bonchev–Trinajstić information content (AvgIpc) is 2.86. The Morgan fingerprint density at radius 3 is 2.67 bits per heavy atom. The van der Waals surface area contributed by atoms with E-state index in [9.17, 15) is 13.2 Å². The lowest BCUT2D eigenvalue weighted by Crippen LogP contribution is -2.38. The Hall–Kier alpha value is -0.590. The molecule has 4 nitrogen and oxygen atoms in total. The molecule has 1 saturated heterocycles. The summed E-state index contributed by atoms with van der Waals surface area (Å²) < 4.78 is 23.5. The average molecular weight is 395 g/mol. The number of halogens is 2. The first-order chi connectivity index (χ1) is 9.71. The summed E-state index contributed by atoms with van der Waals surface area (Å²) in [5.74, 6) is 0.218. The van der Waals surface area contributed by atoms with Crippen LogP contribution in [-0.4, -0.2) is 31.8 Å². The third-order valence-corrected chi connectivity index (χ3v) is 5.82. The van der Waals surface area contributed by atoms with Crippen molar-refractivity contribution in [1.82, 2.24) is 4.90 Å². The normalized spacial score (nSPS) is 19.3. The maximum atomic E-state index is 12.7. The molecule has 0 bridgehead atoms. The number of hydrogen-bond donors (Lipinski definition) is 0. The summed E-state index contributed by atoms with van der Waals surface area (Å²) in [5.41, 5.74) is 0.337. The number of likely N-dealkylation sites (tertiary alicyclic amines) is 1. The van der Waals surface area contributed by atoms with E-state index < -0.39 is 9.05 Å². The zero-order valence-corrected chi connectivity index (χ0v) is 15.0. The highest BCUT2D eigenvalue weighted by molar-refractivity contribution is 9.10. The standard InChI is InChI=1S/C14H17BrClNO3S/c1-9(2)13-4-3-7-17(13)14(18)11-8-10(21(16,19)20)5-6-12(11)15/h5-6,8-9,13H,3-4,7H2,1-2H3. The quantitative estimate of drug-likeness (QED) is 0.736. The number of hydrogen-bond acceptors (Lipinski definition) is 3. The maximum absolute atomic E-state index is 12.7. The zero-order chi connectivity index (χ0) is 15.8. The van der Waals surface area contributed by atoms with Crippen molar-refractivity contribution in [1.29, 1.82) is 0 Å². The second kappa shape index (κ2) is 6.26. The molecule has 0 N–H and O–H groups in total. The molecule has 0 radical (unpaired) electrons. The van der Waals surface area contributed by atoms with Crippen molar-refractivity contribution < 1.29 is 13.2 Å². The molecule has 21 heavy (non-hydrogen) atoms. The minimum atomic E-state index is -3.85. The third-order valence-electron chi connectivity index (χ3n) is 3.78. The number of rotatable bonds is 3. The van der Waals surface area contributed by atoms with Gasteiger partial charge in [0.1, 0.15) is 0 Å². The van der Waals surface area contributed by atoms with E-state index in [1.165, 1.54) is 12.1 Å². The van der Waals surface area contributed by atoms with Crippen LogP contribution in [0, 0.1) is 5.92 Å². The molecule has 0 aliphatic carbocycles. The van der Waals surface area contributed by atoms with E-state index >= 15 is 0 Å². The minimum Gasteiger partial charge on any atom is -0.335 e. The predicted octanol–water partition coefficient (Wildman–Crippen LogP) is 3.64. The van der Waals surface area contributed by atoms with Crippen LogP contribution >= 0.6 is 26.6 Å². The molecule has 1 heterocycles. The van der Waals surface area contributed by atoms with Gasteiger partial charge in [0, 0.05) is 27.7 Å². The van der Waals surface area contributed by atoms with Crippen LogP contribution in [0.1, 0.15) is 37.0 Å². The van der Waals surface area contributed by atoms with E-state index in [4.69, 9.17) is 10.7 Å². The summed E-state index contributed by atoms with van der Waals surface area (Å²) >= 11 is 3.32. The lowest BCUT2D eigenvalue weighted by Gasteiger charge is -2.28. The molecule has 116 valence electrons. The molecule has 1 unspecified atom stereocenters. The topological polar surface area (TPSA) is 54.5 Å². The first-order valence-electron chi connectivity index (χ1n) is 6.77. The van der Waals surface area contributed by atoms with Crippen LogP contribution in [0.4, 0.5) is 0 Å². The molecule has 0 saturated carbocycles. The molecule has 7 heteroatoms. The van der Waals surface area contributed by atoms with Gasteiger partial charge < -0.3 is 4.90 Å². The second-order valence-electron chi connectivity index (χ2n) is 5.53. The Kier molecular flexibility index (Phi) is 5.00. The molecule has 1 aromatic carbocycles. The molecule has 1 aromatic rings. The fourth-order valence-corrected chi connectivity index (χ4v) is 3.91. The number of nitrogens with zero attached hydrogens (tertiary/aromatic N) is 1. The third kappa shape index (κ3) is 3.60. The van der Waals surface area contributed by atoms with Gasteiger partial charge in [0.15, 0.2) is 0 Å². The largest absolute Gasteiger partial charge is 0.335 e. The molecule has 1 aliphatic rings. The Labute approximate surface area is 138 Å². The Bertz CT molecular complexity index is 660. The van der Waals surface area contributed by atoms with Crippen LogP contribution in [0.5, 0.6) is 0 Å². The predicted molar refractivity (Wildman–Crippen MR) is 86.1 cm³/mol. The fourth-order valence-electron chi connectivity index (χ4n) is 2.71. The maximum Gasteiger partial charge on any atom is 0.261 e. The van der Waals surface area contributed by atoms with Gasteiger partial charge in [-0.2, -0.15) is 0 Å². The van der Waals surface area contributed by atoms with Crippen molar-refractivity contribution in [2.75, 3.05) is 6.54 Å². The Morgan fingerprint density at radius 2 is 2.10 bits per heavy atom. The summed E-state index contributed by atoms with van der Waals surface area (Å²) in [6.07, 6.45) is 1.95. The van der Waals surface area contributed by atoms with Crippen molar-refractivity contribution in [3.63, 3.8) is 0 Å². The summed E-state index contributed by atoms with van der Waals surface area (Å²) in [6.45, 7) is 4.88. The van der Waals surface area contributed by atoms with E-state index in [0.717, 1.165) is 12.8 Å². The van der Waals surface area contributed by atoms with Crippen molar-refractivity contribution in [2.45, 2.75) is 37.6 Å². The SMILES string of the molecule is CC(C)C1CCCN1C(=O)c1cc(S(=O)(=O)Cl)ccc1Br. The first kappa shape index (κ1) is 16.8. The van der Waals surface area contributed by atoms with Gasteiger partial charge in [-0.05, 0) is 52.9 Å². The van der Waals surface area contributed by atoms with Crippen LogP contribution in [0.3, 0.4) is 0 Å². The second-order valence-corrected chi connectivity index (χ2v) is 8.95. The number of carbonyl (C=O) groups excluding carboxylic acids is 1. The van der Waals surface area contributed by atoms with Crippen molar-refractivity contribution >= 4 is 41.6 Å². The monoisotopic (exact) mass is 393 g/mol.